The summed E-state index contributed by atoms with van der Waals surface area (Å²) in [6.07, 6.45) is 2.71. The lowest BCUT2D eigenvalue weighted by molar-refractivity contribution is -0.318. The number of benzene rings is 1. The summed E-state index contributed by atoms with van der Waals surface area (Å²) in [5.74, 6) is -0.552. The van der Waals surface area contributed by atoms with Crippen molar-refractivity contribution in [1.82, 2.24) is 0 Å². The maximum atomic E-state index is 10.9. The lowest BCUT2D eigenvalue weighted by Gasteiger charge is -2.24. The van der Waals surface area contributed by atoms with Gasteiger partial charge in [-0.3, -0.25) is 4.89 Å². The molecule has 0 saturated heterocycles. The number of nitrogens with zero attached hydrogens (tertiary/aromatic N) is 1. The molecule has 0 heterocycles. The van der Waals surface area contributed by atoms with Gasteiger partial charge in [0, 0.05) is 13.3 Å². The van der Waals surface area contributed by atoms with Gasteiger partial charge in [0.25, 0.3) is 0 Å². The fraction of sp³-hybridized carbons (Fsp3) is 0.467. The van der Waals surface area contributed by atoms with Crippen molar-refractivity contribution < 1.29 is 14.6 Å². The Bertz CT molecular complexity index is 438. The van der Waals surface area contributed by atoms with E-state index in [9.17, 15) is 10.1 Å². The summed E-state index contributed by atoms with van der Waals surface area (Å²) in [5.41, 5.74) is -0.129. The first-order valence-electron chi connectivity index (χ1n) is 6.43. The quantitative estimate of drug-likeness (QED) is 0.558. The number of hydrogen-bond acceptors (Lipinski definition) is 4. The average Bonchev–Trinajstić information content (AvgIpc) is 2.43. The van der Waals surface area contributed by atoms with Gasteiger partial charge in [0.2, 0.25) is 5.60 Å². The Balaban J connectivity index is 2.83. The molecule has 1 unspecified atom stereocenters. The minimum Gasteiger partial charge on any atom is -0.297 e. The first-order chi connectivity index (χ1) is 9.12. The van der Waals surface area contributed by atoms with Crippen molar-refractivity contribution >= 4 is 5.97 Å². The van der Waals surface area contributed by atoms with E-state index in [-0.39, 0.29) is 0 Å². The molecule has 0 aromatic heterocycles. The van der Waals surface area contributed by atoms with E-state index in [0.717, 1.165) is 18.4 Å². The Morgan fingerprint density at radius 3 is 2.58 bits per heavy atom. The zero-order valence-corrected chi connectivity index (χ0v) is 11.4. The SMILES string of the molecule is CCCCC(C#N)(Cc1ccccc1)OOC(C)=O. The first kappa shape index (κ1) is 15.2. The zero-order valence-electron chi connectivity index (χ0n) is 11.4. The van der Waals surface area contributed by atoms with Crippen molar-refractivity contribution in [3.63, 3.8) is 0 Å². The van der Waals surface area contributed by atoms with Crippen LogP contribution in [0.4, 0.5) is 0 Å². The Kier molecular flexibility index (Phi) is 6.04. The topological polar surface area (TPSA) is 59.3 Å². The minimum atomic E-state index is -1.11. The van der Waals surface area contributed by atoms with E-state index >= 15 is 0 Å². The highest BCUT2D eigenvalue weighted by Crippen LogP contribution is 2.24. The van der Waals surface area contributed by atoms with Gasteiger partial charge in [0.1, 0.15) is 6.07 Å². The molecule has 0 N–H and O–H groups in total. The maximum Gasteiger partial charge on any atom is 0.339 e. The third-order valence-corrected chi connectivity index (χ3v) is 2.79. The van der Waals surface area contributed by atoms with Gasteiger partial charge in [0.15, 0.2) is 0 Å². The van der Waals surface area contributed by atoms with Crippen molar-refractivity contribution in [2.24, 2.45) is 0 Å². The Labute approximate surface area is 113 Å². The molecule has 1 aromatic rings. The molecule has 0 bridgehead atoms. The first-order valence-corrected chi connectivity index (χ1v) is 6.43. The highest BCUT2D eigenvalue weighted by molar-refractivity contribution is 5.65. The molecule has 0 amide bonds. The summed E-state index contributed by atoms with van der Waals surface area (Å²) in [4.78, 5) is 20.6. The molecule has 4 heteroatoms. The van der Waals surface area contributed by atoms with Crippen molar-refractivity contribution in [1.29, 1.82) is 5.26 Å². The van der Waals surface area contributed by atoms with Crippen molar-refractivity contribution in [2.75, 3.05) is 0 Å². The Hall–Kier alpha value is -1.86. The van der Waals surface area contributed by atoms with Crippen LogP contribution >= 0.6 is 0 Å². The number of rotatable bonds is 7. The summed E-state index contributed by atoms with van der Waals surface area (Å²) >= 11 is 0. The van der Waals surface area contributed by atoms with E-state index in [1.54, 1.807) is 0 Å². The van der Waals surface area contributed by atoms with E-state index in [2.05, 4.69) is 11.0 Å². The Morgan fingerprint density at radius 1 is 1.37 bits per heavy atom. The van der Waals surface area contributed by atoms with Crippen LogP contribution in [0.3, 0.4) is 0 Å². The number of carbonyl (C=O) groups excluding carboxylic acids is 1. The second-order valence-corrected chi connectivity index (χ2v) is 4.53. The predicted molar refractivity (Wildman–Crippen MR) is 70.9 cm³/mol. The van der Waals surface area contributed by atoms with Crippen LogP contribution in [0.2, 0.25) is 0 Å². The molecule has 1 atom stereocenters. The standard InChI is InChI=1S/C15H19NO3/c1-3-4-10-15(12-16,19-18-13(2)17)11-14-8-6-5-7-9-14/h5-9H,3-4,10-11H2,1-2H3. The predicted octanol–water partition coefficient (Wildman–Crippen LogP) is 3.18. The van der Waals surface area contributed by atoms with E-state index in [1.165, 1.54) is 6.92 Å². The monoisotopic (exact) mass is 261 g/mol. The van der Waals surface area contributed by atoms with E-state index in [1.807, 2.05) is 37.3 Å². The molecule has 0 saturated carbocycles. The third-order valence-electron chi connectivity index (χ3n) is 2.79. The van der Waals surface area contributed by atoms with E-state index in [4.69, 9.17) is 4.89 Å². The molecular weight excluding hydrogens is 242 g/mol. The van der Waals surface area contributed by atoms with Gasteiger partial charge in [0.05, 0.1) is 0 Å². The summed E-state index contributed by atoms with van der Waals surface area (Å²) in [6.45, 7) is 3.29. The normalized spacial score (nSPS) is 13.3. The number of nitriles is 1. The lowest BCUT2D eigenvalue weighted by Crippen LogP contribution is -2.34. The van der Waals surface area contributed by atoms with Gasteiger partial charge in [-0.1, -0.05) is 43.7 Å². The third kappa shape index (κ3) is 5.11. The molecule has 0 spiro atoms. The maximum absolute atomic E-state index is 10.9. The molecule has 102 valence electrons. The van der Waals surface area contributed by atoms with Crippen LogP contribution in [0, 0.1) is 11.3 Å². The smallest absolute Gasteiger partial charge is 0.297 e. The second kappa shape index (κ2) is 7.55. The summed E-state index contributed by atoms with van der Waals surface area (Å²) < 4.78 is 0. The van der Waals surface area contributed by atoms with E-state index in [0.29, 0.717) is 12.8 Å². The van der Waals surface area contributed by atoms with Gasteiger partial charge in [-0.15, -0.1) is 0 Å². The highest BCUT2D eigenvalue weighted by atomic mass is 17.2. The van der Waals surface area contributed by atoms with Crippen LogP contribution in [0.15, 0.2) is 30.3 Å². The molecule has 4 nitrogen and oxygen atoms in total. The fourth-order valence-electron chi connectivity index (χ4n) is 1.80. The summed E-state index contributed by atoms with van der Waals surface area (Å²) in [5, 5.41) is 9.41. The zero-order chi connectivity index (χ0) is 14.1. The number of carbonyl (C=O) groups is 1. The molecule has 1 rings (SSSR count). The largest absolute Gasteiger partial charge is 0.339 e. The summed E-state index contributed by atoms with van der Waals surface area (Å²) in [7, 11) is 0. The van der Waals surface area contributed by atoms with Crippen LogP contribution in [-0.2, 0) is 21.0 Å². The second-order valence-electron chi connectivity index (χ2n) is 4.53. The molecule has 0 aliphatic rings. The average molecular weight is 261 g/mol. The van der Waals surface area contributed by atoms with Crippen LogP contribution in [0.5, 0.6) is 0 Å². The van der Waals surface area contributed by atoms with Gasteiger partial charge in [-0.2, -0.15) is 10.1 Å². The molecule has 19 heavy (non-hydrogen) atoms. The van der Waals surface area contributed by atoms with Crippen molar-refractivity contribution in [3.05, 3.63) is 35.9 Å². The molecular formula is C15H19NO3. The molecule has 0 aliphatic heterocycles. The molecule has 0 radical (unpaired) electrons. The minimum absolute atomic E-state index is 0.400. The molecule has 0 aliphatic carbocycles. The molecule has 0 fully saturated rings. The van der Waals surface area contributed by atoms with Gasteiger partial charge in [-0.05, 0) is 18.4 Å². The van der Waals surface area contributed by atoms with Crippen LogP contribution in [-0.4, -0.2) is 11.6 Å². The summed E-state index contributed by atoms with van der Waals surface area (Å²) in [6, 6.07) is 11.7. The van der Waals surface area contributed by atoms with Gasteiger partial charge < -0.3 is 0 Å². The number of unbranched alkanes of at least 4 members (excludes halogenated alkanes) is 1. The fourth-order valence-corrected chi connectivity index (χ4v) is 1.80. The van der Waals surface area contributed by atoms with E-state index < -0.39 is 11.6 Å². The Morgan fingerprint density at radius 2 is 2.05 bits per heavy atom. The van der Waals surface area contributed by atoms with Crippen LogP contribution in [0.1, 0.15) is 38.7 Å². The van der Waals surface area contributed by atoms with Crippen molar-refractivity contribution in [2.45, 2.75) is 45.1 Å². The van der Waals surface area contributed by atoms with Crippen LogP contribution in [0.25, 0.3) is 0 Å². The molecule has 1 aromatic carbocycles. The lowest BCUT2D eigenvalue weighted by atomic mass is 9.91. The van der Waals surface area contributed by atoms with Gasteiger partial charge >= 0.3 is 5.97 Å². The van der Waals surface area contributed by atoms with Crippen molar-refractivity contribution in [3.8, 4) is 6.07 Å². The van der Waals surface area contributed by atoms with Crippen LogP contribution < -0.4 is 0 Å². The number of hydrogen-bond donors (Lipinski definition) is 0. The van der Waals surface area contributed by atoms with Gasteiger partial charge in [-0.25, -0.2) is 4.79 Å². The highest BCUT2D eigenvalue weighted by Gasteiger charge is 2.34.